The fraction of sp³-hybridized carbons (Fsp3) is 0.562. The van der Waals surface area contributed by atoms with Crippen molar-refractivity contribution >= 4 is 5.91 Å². The van der Waals surface area contributed by atoms with E-state index in [-0.39, 0.29) is 24.0 Å². The Morgan fingerprint density at radius 3 is 2.74 bits per heavy atom. The van der Waals surface area contributed by atoms with Crippen LogP contribution in [0.1, 0.15) is 62.0 Å². The Bertz CT molecular complexity index is 647. The number of aryl methyl sites for hydroxylation is 1. The van der Waals surface area contributed by atoms with Crippen molar-refractivity contribution in [3.05, 3.63) is 29.3 Å². The number of rotatable bonds is 7. The Hall–Kier alpha value is -2.31. The molecule has 0 bridgehead atoms. The number of nitrogens with zero attached hydrogens (tertiary/aromatic N) is 2. The number of carbonyl (C=O) groups excluding carboxylic acids is 1. The second-order valence-electron chi connectivity index (χ2n) is 6.01. The van der Waals surface area contributed by atoms with Crippen molar-refractivity contribution in [2.45, 2.75) is 53.2 Å². The molecule has 2 aromatic heterocycles. The maximum absolute atomic E-state index is 12.0. The quantitative estimate of drug-likeness (QED) is 0.818. The molecule has 0 aliphatic rings. The molecule has 7 heteroatoms. The Balaban J connectivity index is 2.16. The number of hydrogen-bond acceptors (Lipinski definition) is 5. The highest BCUT2D eigenvalue weighted by Gasteiger charge is 2.25. The maximum Gasteiger partial charge on any atom is 0.269 e. The summed E-state index contributed by atoms with van der Waals surface area (Å²) in [5.74, 6) is 1.15. The van der Waals surface area contributed by atoms with E-state index in [0.29, 0.717) is 11.6 Å². The molecule has 2 atom stereocenters. The van der Waals surface area contributed by atoms with Crippen molar-refractivity contribution < 1.29 is 14.1 Å². The third-order valence-corrected chi connectivity index (χ3v) is 3.72. The highest BCUT2D eigenvalue weighted by molar-refractivity contribution is 5.92. The molecule has 1 amide bonds. The van der Waals surface area contributed by atoms with Crippen LogP contribution in [-0.2, 0) is 0 Å². The third kappa shape index (κ3) is 4.12. The van der Waals surface area contributed by atoms with E-state index in [2.05, 4.69) is 34.5 Å². The molecule has 2 N–H and O–H groups in total. The zero-order valence-corrected chi connectivity index (χ0v) is 14.2. The van der Waals surface area contributed by atoms with E-state index in [0.717, 1.165) is 17.7 Å². The van der Waals surface area contributed by atoms with Gasteiger partial charge in [-0.05, 0) is 33.1 Å². The molecule has 0 radical (unpaired) electrons. The lowest BCUT2D eigenvalue weighted by molar-refractivity contribution is 0.0937. The summed E-state index contributed by atoms with van der Waals surface area (Å²) in [4.78, 5) is 12.0. The number of H-pyrrole nitrogens is 1. The first-order chi connectivity index (χ1) is 10.9. The zero-order chi connectivity index (χ0) is 17.0. The molecule has 2 rings (SSSR count). The highest BCUT2D eigenvalue weighted by atomic mass is 16.5. The summed E-state index contributed by atoms with van der Waals surface area (Å²) < 4.78 is 11.1. The molecule has 0 saturated heterocycles. The van der Waals surface area contributed by atoms with Gasteiger partial charge in [-0.15, -0.1) is 5.10 Å². The zero-order valence-electron chi connectivity index (χ0n) is 14.2. The van der Waals surface area contributed by atoms with Gasteiger partial charge >= 0.3 is 0 Å². The van der Waals surface area contributed by atoms with Crippen LogP contribution in [0.2, 0.25) is 0 Å². The maximum atomic E-state index is 12.0. The predicted molar refractivity (Wildman–Crippen MR) is 85.3 cm³/mol. The summed E-state index contributed by atoms with van der Waals surface area (Å²) in [6.07, 6.45) is 2.38. The van der Waals surface area contributed by atoms with Gasteiger partial charge in [-0.1, -0.05) is 19.0 Å². The van der Waals surface area contributed by atoms with Gasteiger partial charge in [0.2, 0.25) is 5.88 Å². The summed E-state index contributed by atoms with van der Waals surface area (Å²) >= 11 is 0. The highest BCUT2D eigenvalue weighted by Crippen LogP contribution is 2.31. The second kappa shape index (κ2) is 7.30. The van der Waals surface area contributed by atoms with Crippen molar-refractivity contribution in [2.75, 3.05) is 0 Å². The van der Waals surface area contributed by atoms with Gasteiger partial charge in [0.25, 0.3) is 5.91 Å². The number of ether oxygens (including phenoxy) is 1. The van der Waals surface area contributed by atoms with E-state index in [1.54, 1.807) is 12.3 Å². The molecule has 7 nitrogen and oxygen atoms in total. The summed E-state index contributed by atoms with van der Waals surface area (Å²) in [6.45, 7) is 9.85. The van der Waals surface area contributed by atoms with E-state index in [4.69, 9.17) is 9.26 Å². The van der Waals surface area contributed by atoms with Crippen LogP contribution in [0, 0.1) is 12.8 Å². The molecule has 0 saturated carbocycles. The smallest absolute Gasteiger partial charge is 0.269 e. The van der Waals surface area contributed by atoms with E-state index < -0.39 is 0 Å². The van der Waals surface area contributed by atoms with Crippen LogP contribution in [-0.4, -0.2) is 27.3 Å². The van der Waals surface area contributed by atoms with Gasteiger partial charge in [0, 0.05) is 12.1 Å². The molecule has 0 aliphatic heterocycles. The fourth-order valence-corrected chi connectivity index (χ4v) is 2.23. The standard InChI is InChI=1S/C16H24N4O3/c1-6-10(4)15(12-8-17-23-11(12)5)22-14-7-13(19-20-14)16(21)18-9(2)3/h7-10,15H,6H2,1-5H3,(H,18,21)(H,19,20). The molecular weight excluding hydrogens is 296 g/mol. The predicted octanol–water partition coefficient (Wildman–Crippen LogP) is 3.01. The summed E-state index contributed by atoms with van der Waals surface area (Å²) in [6, 6.07) is 1.67. The lowest BCUT2D eigenvalue weighted by Crippen LogP contribution is -2.30. The van der Waals surface area contributed by atoms with Crippen molar-refractivity contribution in [1.82, 2.24) is 20.7 Å². The first kappa shape index (κ1) is 17.1. The summed E-state index contributed by atoms with van der Waals surface area (Å²) in [5, 5.41) is 13.4. The molecule has 2 aromatic rings. The number of aromatic amines is 1. The van der Waals surface area contributed by atoms with E-state index in [1.807, 2.05) is 20.8 Å². The first-order valence-electron chi connectivity index (χ1n) is 7.86. The molecule has 2 unspecified atom stereocenters. The van der Waals surface area contributed by atoms with Crippen molar-refractivity contribution in [3.8, 4) is 5.88 Å². The van der Waals surface area contributed by atoms with Gasteiger partial charge in [-0.25, -0.2) is 0 Å². The number of aromatic nitrogens is 3. The van der Waals surface area contributed by atoms with Gasteiger partial charge in [-0.2, -0.15) is 0 Å². The van der Waals surface area contributed by atoms with Crippen LogP contribution >= 0.6 is 0 Å². The Labute approximate surface area is 135 Å². The number of carbonyl (C=O) groups is 1. The van der Waals surface area contributed by atoms with E-state index >= 15 is 0 Å². The van der Waals surface area contributed by atoms with Crippen molar-refractivity contribution in [3.63, 3.8) is 0 Å². The molecule has 0 fully saturated rings. The SMILES string of the molecule is CCC(C)C(Oc1cc(C(=O)NC(C)C)[nH]n1)c1cnoc1C. The third-order valence-electron chi connectivity index (χ3n) is 3.72. The first-order valence-corrected chi connectivity index (χ1v) is 7.86. The fourth-order valence-electron chi connectivity index (χ4n) is 2.23. The molecule has 0 aliphatic carbocycles. The minimum atomic E-state index is -0.226. The lowest BCUT2D eigenvalue weighted by atomic mass is 9.96. The Kier molecular flexibility index (Phi) is 5.41. The van der Waals surface area contributed by atoms with Crippen LogP contribution in [0.4, 0.5) is 0 Å². The van der Waals surface area contributed by atoms with Crippen molar-refractivity contribution in [2.24, 2.45) is 5.92 Å². The minimum Gasteiger partial charge on any atom is -0.468 e. The largest absolute Gasteiger partial charge is 0.468 e. The second-order valence-corrected chi connectivity index (χ2v) is 6.01. The number of amides is 1. The molecule has 2 heterocycles. The Morgan fingerprint density at radius 1 is 1.43 bits per heavy atom. The average Bonchev–Trinajstić information content (AvgIpc) is 3.12. The summed E-state index contributed by atoms with van der Waals surface area (Å²) in [5.41, 5.74) is 1.27. The van der Waals surface area contributed by atoms with E-state index in [1.165, 1.54) is 0 Å². The van der Waals surface area contributed by atoms with Gasteiger partial charge in [0.1, 0.15) is 17.6 Å². The number of nitrogens with one attached hydrogen (secondary N) is 2. The molecule has 0 spiro atoms. The van der Waals surface area contributed by atoms with Crippen LogP contribution < -0.4 is 10.1 Å². The topological polar surface area (TPSA) is 93.0 Å². The molecule has 126 valence electrons. The normalized spacial score (nSPS) is 13.8. The summed E-state index contributed by atoms with van der Waals surface area (Å²) in [7, 11) is 0. The van der Waals surface area contributed by atoms with Gasteiger partial charge in [0.05, 0.1) is 11.8 Å². The minimum absolute atomic E-state index is 0.0580. The lowest BCUT2D eigenvalue weighted by Gasteiger charge is -2.22. The van der Waals surface area contributed by atoms with Crippen LogP contribution in [0.15, 0.2) is 16.8 Å². The average molecular weight is 320 g/mol. The van der Waals surface area contributed by atoms with Crippen LogP contribution in [0.5, 0.6) is 5.88 Å². The van der Waals surface area contributed by atoms with Gasteiger partial charge in [-0.3, -0.25) is 9.89 Å². The van der Waals surface area contributed by atoms with Crippen LogP contribution in [0.3, 0.4) is 0 Å². The van der Waals surface area contributed by atoms with Gasteiger partial charge in [0.15, 0.2) is 0 Å². The van der Waals surface area contributed by atoms with Crippen LogP contribution in [0.25, 0.3) is 0 Å². The van der Waals surface area contributed by atoms with Gasteiger partial charge < -0.3 is 14.6 Å². The molecule has 23 heavy (non-hydrogen) atoms. The monoisotopic (exact) mass is 320 g/mol. The van der Waals surface area contributed by atoms with Crippen molar-refractivity contribution in [1.29, 1.82) is 0 Å². The molecular formula is C16H24N4O3. The number of hydrogen-bond donors (Lipinski definition) is 2. The Morgan fingerprint density at radius 2 is 2.17 bits per heavy atom. The van der Waals surface area contributed by atoms with E-state index in [9.17, 15) is 4.79 Å². The molecule has 0 aromatic carbocycles.